The van der Waals surface area contributed by atoms with E-state index in [9.17, 15) is 9.59 Å². The predicted molar refractivity (Wildman–Crippen MR) is 120 cm³/mol. The van der Waals surface area contributed by atoms with Crippen LogP contribution < -0.4 is 0 Å². The SMILES string of the molecule is O=C(/C=C/c1cn(CC(=O)c2ccccc2)c2ccccc12)c1cccc(Br)c1. The van der Waals surface area contributed by atoms with E-state index in [0.29, 0.717) is 11.1 Å². The maximum atomic E-state index is 12.7. The van der Waals surface area contributed by atoms with Crippen molar-refractivity contribution < 1.29 is 9.59 Å². The number of hydrogen-bond donors (Lipinski definition) is 0. The van der Waals surface area contributed by atoms with Crippen LogP contribution in [0.5, 0.6) is 0 Å². The van der Waals surface area contributed by atoms with Gasteiger partial charge in [-0.05, 0) is 30.4 Å². The number of ketones is 2. The standard InChI is InChI=1S/C25H18BrNO2/c26-21-10-6-9-19(15-21)24(28)14-13-20-16-27(23-12-5-4-11-22(20)23)17-25(29)18-7-2-1-3-8-18/h1-16H,17H2/b14-13+. The second kappa shape index (κ2) is 8.41. The van der Waals surface area contributed by atoms with Gasteiger partial charge >= 0.3 is 0 Å². The van der Waals surface area contributed by atoms with Crippen molar-refractivity contribution in [3.8, 4) is 0 Å². The number of Topliss-reactive ketones (excluding diaryl/α,β-unsaturated/α-hetero) is 1. The Balaban J connectivity index is 1.64. The third-order valence-electron chi connectivity index (χ3n) is 4.75. The third kappa shape index (κ3) is 4.28. The summed E-state index contributed by atoms with van der Waals surface area (Å²) in [6, 6.07) is 24.5. The molecule has 0 unspecified atom stereocenters. The maximum absolute atomic E-state index is 12.7. The molecule has 4 aromatic rings. The molecule has 0 atom stereocenters. The predicted octanol–water partition coefficient (Wildman–Crippen LogP) is 6.18. The monoisotopic (exact) mass is 443 g/mol. The van der Waals surface area contributed by atoms with Crippen molar-refractivity contribution in [3.63, 3.8) is 0 Å². The van der Waals surface area contributed by atoms with Crippen LogP contribution in [0, 0.1) is 0 Å². The molecule has 0 saturated carbocycles. The fourth-order valence-electron chi connectivity index (χ4n) is 3.31. The molecule has 4 heteroatoms. The first-order chi connectivity index (χ1) is 14.1. The molecule has 0 spiro atoms. The lowest BCUT2D eigenvalue weighted by atomic mass is 10.1. The van der Waals surface area contributed by atoms with E-state index >= 15 is 0 Å². The van der Waals surface area contributed by atoms with Crippen molar-refractivity contribution in [2.24, 2.45) is 0 Å². The number of para-hydroxylation sites is 1. The lowest BCUT2D eigenvalue weighted by molar-refractivity contribution is 0.0972. The first kappa shape index (κ1) is 19.1. The number of hydrogen-bond acceptors (Lipinski definition) is 2. The molecule has 29 heavy (non-hydrogen) atoms. The van der Waals surface area contributed by atoms with E-state index in [2.05, 4.69) is 15.9 Å². The highest BCUT2D eigenvalue weighted by Gasteiger charge is 2.11. The Bertz CT molecular complexity index is 1220. The van der Waals surface area contributed by atoms with Gasteiger partial charge in [0.25, 0.3) is 0 Å². The molecule has 0 amide bonds. The Kier molecular flexibility index (Phi) is 5.54. The molecule has 0 N–H and O–H groups in total. The van der Waals surface area contributed by atoms with Gasteiger partial charge < -0.3 is 4.57 Å². The fourth-order valence-corrected chi connectivity index (χ4v) is 3.71. The number of carbonyl (C=O) groups is 2. The molecular weight excluding hydrogens is 426 g/mol. The number of nitrogens with zero attached hydrogens (tertiary/aromatic N) is 1. The minimum absolute atomic E-state index is 0.0482. The van der Waals surface area contributed by atoms with Gasteiger partial charge in [0.15, 0.2) is 11.6 Å². The summed E-state index contributed by atoms with van der Waals surface area (Å²) >= 11 is 3.39. The molecule has 0 bridgehead atoms. The van der Waals surface area contributed by atoms with E-state index in [1.54, 1.807) is 18.2 Å². The van der Waals surface area contributed by atoms with Gasteiger partial charge in [-0.1, -0.05) is 76.6 Å². The van der Waals surface area contributed by atoms with Crippen molar-refractivity contribution in [1.29, 1.82) is 0 Å². The zero-order valence-electron chi connectivity index (χ0n) is 15.6. The van der Waals surface area contributed by atoms with Gasteiger partial charge in [-0.15, -0.1) is 0 Å². The van der Waals surface area contributed by atoms with Gasteiger partial charge in [0, 0.05) is 38.3 Å². The Labute approximate surface area is 177 Å². The molecule has 0 aliphatic rings. The first-order valence-corrected chi connectivity index (χ1v) is 10.1. The average molecular weight is 444 g/mol. The van der Waals surface area contributed by atoms with Crippen LogP contribution in [0.15, 0.2) is 95.6 Å². The van der Waals surface area contributed by atoms with Gasteiger partial charge in [-0.2, -0.15) is 0 Å². The van der Waals surface area contributed by atoms with E-state index in [1.807, 2.05) is 83.6 Å². The molecule has 0 aliphatic heterocycles. The number of fused-ring (bicyclic) bond motifs is 1. The highest BCUT2D eigenvalue weighted by Crippen LogP contribution is 2.23. The minimum Gasteiger partial charge on any atom is -0.339 e. The second-order valence-electron chi connectivity index (χ2n) is 6.73. The van der Waals surface area contributed by atoms with Crippen LogP contribution in [0.4, 0.5) is 0 Å². The third-order valence-corrected chi connectivity index (χ3v) is 5.25. The molecule has 3 aromatic carbocycles. The molecule has 142 valence electrons. The highest BCUT2D eigenvalue weighted by molar-refractivity contribution is 9.10. The number of rotatable bonds is 6. The van der Waals surface area contributed by atoms with Crippen molar-refractivity contribution in [1.82, 2.24) is 4.57 Å². The molecule has 1 aromatic heterocycles. The van der Waals surface area contributed by atoms with Crippen LogP contribution in [-0.2, 0) is 6.54 Å². The number of halogens is 1. The Morgan fingerprint density at radius 1 is 0.862 bits per heavy atom. The average Bonchev–Trinajstić information content (AvgIpc) is 3.10. The fraction of sp³-hybridized carbons (Fsp3) is 0.0400. The molecular formula is C25H18BrNO2. The Morgan fingerprint density at radius 3 is 2.38 bits per heavy atom. The second-order valence-corrected chi connectivity index (χ2v) is 7.64. The van der Waals surface area contributed by atoms with Crippen LogP contribution in [0.1, 0.15) is 26.3 Å². The molecule has 1 heterocycles. The number of benzene rings is 3. The van der Waals surface area contributed by atoms with Gasteiger partial charge in [-0.25, -0.2) is 0 Å². The minimum atomic E-state index is -0.0662. The molecule has 0 fully saturated rings. The number of aromatic nitrogens is 1. The Morgan fingerprint density at radius 2 is 1.59 bits per heavy atom. The zero-order valence-corrected chi connectivity index (χ0v) is 17.2. The molecule has 0 radical (unpaired) electrons. The number of allylic oxidation sites excluding steroid dienone is 1. The quantitative estimate of drug-likeness (QED) is 0.263. The maximum Gasteiger partial charge on any atom is 0.185 e. The van der Waals surface area contributed by atoms with Crippen molar-refractivity contribution in [2.45, 2.75) is 6.54 Å². The van der Waals surface area contributed by atoms with Gasteiger partial charge in [0.1, 0.15) is 0 Å². The summed E-state index contributed by atoms with van der Waals surface area (Å²) in [5, 5.41) is 1.01. The summed E-state index contributed by atoms with van der Waals surface area (Å²) in [6.45, 7) is 0.248. The first-order valence-electron chi connectivity index (χ1n) is 9.26. The molecule has 0 aliphatic carbocycles. The Hall–Kier alpha value is -3.24. The largest absolute Gasteiger partial charge is 0.339 e. The van der Waals surface area contributed by atoms with E-state index < -0.39 is 0 Å². The molecule has 3 nitrogen and oxygen atoms in total. The van der Waals surface area contributed by atoms with Crippen LogP contribution in [-0.4, -0.2) is 16.1 Å². The van der Waals surface area contributed by atoms with Crippen molar-refractivity contribution in [3.05, 3.63) is 112 Å². The normalized spacial score (nSPS) is 11.2. The zero-order chi connectivity index (χ0) is 20.2. The van der Waals surface area contributed by atoms with E-state index in [1.165, 1.54) is 0 Å². The van der Waals surface area contributed by atoms with Crippen molar-refractivity contribution >= 4 is 44.5 Å². The van der Waals surface area contributed by atoms with Crippen LogP contribution in [0.25, 0.3) is 17.0 Å². The lowest BCUT2D eigenvalue weighted by Gasteiger charge is -2.04. The van der Waals surface area contributed by atoms with E-state index in [-0.39, 0.29) is 18.1 Å². The molecule has 4 rings (SSSR count). The van der Waals surface area contributed by atoms with Crippen molar-refractivity contribution in [2.75, 3.05) is 0 Å². The van der Waals surface area contributed by atoms with Crippen LogP contribution in [0.3, 0.4) is 0 Å². The summed E-state index contributed by atoms with van der Waals surface area (Å²) in [7, 11) is 0. The topological polar surface area (TPSA) is 39.1 Å². The summed E-state index contributed by atoms with van der Waals surface area (Å²) in [6.07, 6.45) is 5.32. The summed E-state index contributed by atoms with van der Waals surface area (Å²) in [5.41, 5.74) is 3.18. The van der Waals surface area contributed by atoms with E-state index in [0.717, 1.165) is 20.9 Å². The summed E-state index contributed by atoms with van der Waals surface area (Å²) < 4.78 is 2.81. The lowest BCUT2D eigenvalue weighted by Crippen LogP contribution is -2.09. The van der Waals surface area contributed by atoms with E-state index in [4.69, 9.17) is 0 Å². The van der Waals surface area contributed by atoms with Gasteiger partial charge in [0.2, 0.25) is 0 Å². The highest BCUT2D eigenvalue weighted by atomic mass is 79.9. The van der Waals surface area contributed by atoms with Crippen LogP contribution in [0.2, 0.25) is 0 Å². The smallest absolute Gasteiger partial charge is 0.185 e. The summed E-state index contributed by atoms with van der Waals surface area (Å²) in [5.74, 6) is -0.0180. The molecule has 0 saturated heterocycles. The van der Waals surface area contributed by atoms with Gasteiger partial charge in [-0.3, -0.25) is 9.59 Å². The van der Waals surface area contributed by atoms with Crippen LogP contribution >= 0.6 is 15.9 Å². The summed E-state index contributed by atoms with van der Waals surface area (Å²) in [4.78, 5) is 25.2. The van der Waals surface area contributed by atoms with Gasteiger partial charge in [0.05, 0.1) is 6.54 Å². The number of carbonyl (C=O) groups excluding carboxylic acids is 2.